The van der Waals surface area contributed by atoms with Crippen molar-refractivity contribution in [3.05, 3.63) is 35.9 Å². The van der Waals surface area contributed by atoms with Crippen LogP contribution in [0, 0.1) is 6.92 Å². The van der Waals surface area contributed by atoms with Crippen LogP contribution >= 0.6 is 11.8 Å². The Morgan fingerprint density at radius 2 is 1.96 bits per heavy atom. The molecule has 1 fully saturated rings. The summed E-state index contributed by atoms with van der Waals surface area (Å²) in [6, 6.07) is 10.6. The van der Waals surface area contributed by atoms with Gasteiger partial charge in [-0.25, -0.2) is 4.98 Å². The molecule has 3 nitrogen and oxygen atoms in total. The number of hydrogen-bond donors (Lipinski definition) is 1. The molecule has 1 saturated carbocycles. The Kier molecular flexibility index (Phi) is 5.55. The van der Waals surface area contributed by atoms with Crippen LogP contribution in [0.5, 0.6) is 0 Å². The van der Waals surface area contributed by atoms with Crippen molar-refractivity contribution < 1.29 is 4.79 Å². The predicted octanol–water partition coefficient (Wildman–Crippen LogP) is 4.47. The Labute approximate surface area is 142 Å². The Balaban J connectivity index is 1.58. The van der Waals surface area contributed by atoms with Gasteiger partial charge >= 0.3 is 0 Å². The van der Waals surface area contributed by atoms with Crippen molar-refractivity contribution in [2.75, 3.05) is 5.75 Å². The lowest BCUT2D eigenvalue weighted by molar-refractivity contribution is -0.119. The van der Waals surface area contributed by atoms with Crippen LogP contribution in [0.3, 0.4) is 0 Å². The lowest BCUT2D eigenvalue weighted by atomic mass is 10.1. The molecule has 0 aliphatic heterocycles. The second kappa shape index (κ2) is 7.82. The van der Waals surface area contributed by atoms with Gasteiger partial charge in [0.05, 0.1) is 16.3 Å². The fraction of sp³-hybridized carbons (Fsp3) is 0.474. The molecule has 1 aliphatic carbocycles. The average molecular weight is 328 g/mol. The van der Waals surface area contributed by atoms with Gasteiger partial charge in [0.2, 0.25) is 5.91 Å². The number of fused-ring (bicyclic) bond motifs is 1. The molecule has 23 heavy (non-hydrogen) atoms. The highest BCUT2D eigenvalue weighted by Crippen LogP contribution is 2.23. The molecule has 1 heterocycles. The molecule has 1 N–H and O–H groups in total. The van der Waals surface area contributed by atoms with Crippen molar-refractivity contribution in [2.45, 2.75) is 56.5 Å². The number of amides is 1. The van der Waals surface area contributed by atoms with Crippen molar-refractivity contribution in [1.29, 1.82) is 0 Å². The smallest absolute Gasteiger partial charge is 0.230 e. The van der Waals surface area contributed by atoms with Gasteiger partial charge < -0.3 is 5.32 Å². The highest BCUT2D eigenvalue weighted by Gasteiger charge is 2.15. The van der Waals surface area contributed by atoms with E-state index in [1.807, 2.05) is 18.2 Å². The maximum atomic E-state index is 12.2. The fourth-order valence-corrected chi connectivity index (χ4v) is 4.01. The van der Waals surface area contributed by atoms with E-state index >= 15 is 0 Å². The van der Waals surface area contributed by atoms with E-state index in [4.69, 9.17) is 0 Å². The van der Waals surface area contributed by atoms with Crippen molar-refractivity contribution in [2.24, 2.45) is 0 Å². The minimum Gasteiger partial charge on any atom is -0.353 e. The third-order valence-electron chi connectivity index (χ3n) is 4.47. The van der Waals surface area contributed by atoms with Gasteiger partial charge in [-0.15, -0.1) is 0 Å². The molecule has 0 saturated heterocycles. The van der Waals surface area contributed by atoms with Crippen molar-refractivity contribution in [3.63, 3.8) is 0 Å². The third-order valence-corrected chi connectivity index (χ3v) is 5.38. The maximum absolute atomic E-state index is 12.2. The molecule has 2 aromatic rings. The highest BCUT2D eigenvalue weighted by atomic mass is 32.2. The minimum atomic E-state index is 0.134. The number of aromatic nitrogens is 1. The van der Waals surface area contributed by atoms with Crippen molar-refractivity contribution in [3.8, 4) is 0 Å². The number of benzene rings is 1. The average Bonchev–Trinajstić information content (AvgIpc) is 2.82. The summed E-state index contributed by atoms with van der Waals surface area (Å²) >= 11 is 1.53. The topological polar surface area (TPSA) is 42.0 Å². The lowest BCUT2D eigenvalue weighted by Gasteiger charge is -2.16. The number of carbonyl (C=O) groups excluding carboxylic acids is 1. The lowest BCUT2D eigenvalue weighted by Crippen LogP contribution is -2.35. The van der Waals surface area contributed by atoms with Gasteiger partial charge in [0.1, 0.15) is 0 Å². The number of thioether (sulfide) groups is 1. The van der Waals surface area contributed by atoms with E-state index in [0.29, 0.717) is 11.8 Å². The summed E-state index contributed by atoms with van der Waals surface area (Å²) in [5, 5.41) is 5.30. The first kappa shape index (κ1) is 16.3. The van der Waals surface area contributed by atoms with Gasteiger partial charge in [0, 0.05) is 11.4 Å². The summed E-state index contributed by atoms with van der Waals surface area (Å²) < 4.78 is 0. The standard InChI is InChI=1S/C19H24N2OS/c1-14-12-19(21-17-11-7-6-10-16(14)17)23-13-18(22)20-15-8-4-2-3-5-9-15/h6-7,10-12,15H,2-5,8-9,13H2,1H3,(H,20,22). The van der Waals surface area contributed by atoms with Crippen LogP contribution in [0.4, 0.5) is 0 Å². The van der Waals surface area contributed by atoms with Crippen LogP contribution in [0.2, 0.25) is 0 Å². The Morgan fingerprint density at radius 1 is 1.22 bits per heavy atom. The normalized spacial score (nSPS) is 16.2. The molecule has 1 aliphatic rings. The molecular weight excluding hydrogens is 304 g/mol. The van der Waals surface area contributed by atoms with E-state index in [1.165, 1.54) is 48.4 Å². The van der Waals surface area contributed by atoms with Crippen LogP contribution < -0.4 is 5.32 Å². The zero-order valence-electron chi connectivity index (χ0n) is 13.7. The number of rotatable bonds is 4. The quantitative estimate of drug-likeness (QED) is 0.665. The Bertz CT molecular complexity index is 678. The minimum absolute atomic E-state index is 0.134. The Hall–Kier alpha value is -1.55. The number of nitrogens with one attached hydrogen (secondary N) is 1. The summed E-state index contributed by atoms with van der Waals surface area (Å²) in [6.07, 6.45) is 7.35. The van der Waals surface area contributed by atoms with Gasteiger partial charge in [-0.05, 0) is 37.5 Å². The Morgan fingerprint density at radius 3 is 2.74 bits per heavy atom. The van der Waals surface area contributed by atoms with E-state index in [2.05, 4.69) is 29.4 Å². The summed E-state index contributed by atoms with van der Waals surface area (Å²) in [6.45, 7) is 2.10. The van der Waals surface area contributed by atoms with Gasteiger partial charge in [0.15, 0.2) is 0 Å². The molecular formula is C19H24N2OS. The van der Waals surface area contributed by atoms with Crippen LogP contribution in [0.25, 0.3) is 10.9 Å². The second-order valence-electron chi connectivity index (χ2n) is 6.34. The molecule has 0 spiro atoms. The van der Waals surface area contributed by atoms with E-state index < -0.39 is 0 Å². The van der Waals surface area contributed by atoms with Crippen molar-refractivity contribution in [1.82, 2.24) is 10.3 Å². The molecule has 4 heteroatoms. The first-order chi connectivity index (χ1) is 11.2. The molecule has 1 amide bonds. The molecule has 1 aromatic carbocycles. The molecule has 0 atom stereocenters. The number of aryl methyl sites for hydroxylation is 1. The second-order valence-corrected chi connectivity index (χ2v) is 7.33. The fourth-order valence-electron chi connectivity index (χ4n) is 3.23. The number of hydrogen-bond acceptors (Lipinski definition) is 3. The van der Waals surface area contributed by atoms with E-state index in [1.54, 1.807) is 0 Å². The summed E-state index contributed by atoms with van der Waals surface area (Å²) in [7, 11) is 0. The number of nitrogens with zero attached hydrogens (tertiary/aromatic N) is 1. The molecule has 3 rings (SSSR count). The largest absolute Gasteiger partial charge is 0.353 e. The van der Waals surface area contributed by atoms with Gasteiger partial charge in [0.25, 0.3) is 0 Å². The molecule has 122 valence electrons. The first-order valence-corrected chi connectivity index (χ1v) is 9.49. The van der Waals surface area contributed by atoms with Gasteiger partial charge in [-0.3, -0.25) is 4.79 Å². The summed E-state index contributed by atoms with van der Waals surface area (Å²) in [5.41, 5.74) is 2.21. The monoisotopic (exact) mass is 328 g/mol. The van der Waals surface area contributed by atoms with Gasteiger partial charge in [-0.1, -0.05) is 55.6 Å². The zero-order chi connectivity index (χ0) is 16.1. The van der Waals surface area contributed by atoms with Crippen LogP contribution in [0.1, 0.15) is 44.1 Å². The molecule has 0 radical (unpaired) electrons. The molecule has 0 bridgehead atoms. The van der Waals surface area contributed by atoms with E-state index in [-0.39, 0.29) is 5.91 Å². The molecule has 1 aromatic heterocycles. The van der Waals surface area contributed by atoms with E-state index in [9.17, 15) is 4.79 Å². The highest BCUT2D eigenvalue weighted by molar-refractivity contribution is 7.99. The van der Waals surface area contributed by atoms with E-state index in [0.717, 1.165) is 23.4 Å². The summed E-state index contributed by atoms with van der Waals surface area (Å²) in [5.74, 6) is 0.580. The maximum Gasteiger partial charge on any atom is 0.230 e. The molecule has 0 unspecified atom stereocenters. The zero-order valence-corrected chi connectivity index (χ0v) is 14.5. The first-order valence-electron chi connectivity index (χ1n) is 8.51. The van der Waals surface area contributed by atoms with Crippen molar-refractivity contribution >= 4 is 28.6 Å². The predicted molar refractivity (Wildman–Crippen MR) is 96.8 cm³/mol. The van der Waals surface area contributed by atoms with Crippen LogP contribution in [-0.4, -0.2) is 22.7 Å². The number of pyridine rings is 1. The SMILES string of the molecule is Cc1cc(SCC(=O)NC2CCCCCC2)nc2ccccc12. The number of carbonyl (C=O) groups is 1. The third kappa shape index (κ3) is 4.47. The summed E-state index contributed by atoms with van der Waals surface area (Å²) in [4.78, 5) is 16.8. The number of para-hydroxylation sites is 1. The van der Waals surface area contributed by atoms with Crippen LogP contribution in [-0.2, 0) is 4.79 Å². The van der Waals surface area contributed by atoms with Crippen LogP contribution in [0.15, 0.2) is 35.4 Å². The van der Waals surface area contributed by atoms with Gasteiger partial charge in [-0.2, -0.15) is 0 Å².